The van der Waals surface area contributed by atoms with Crippen LogP contribution >= 0.6 is 0 Å². The van der Waals surface area contributed by atoms with Crippen molar-refractivity contribution in [1.29, 1.82) is 0 Å². The van der Waals surface area contributed by atoms with Gasteiger partial charge in [0.2, 0.25) is 10.0 Å². The second-order valence-electron chi connectivity index (χ2n) is 4.34. The van der Waals surface area contributed by atoms with Crippen LogP contribution in [0.3, 0.4) is 0 Å². The number of hydrogen-bond acceptors (Lipinski definition) is 4. The molecular weight excluding hydrogens is 252 g/mol. The molecule has 6 nitrogen and oxygen atoms in total. The van der Waals surface area contributed by atoms with E-state index in [2.05, 4.69) is 20.2 Å². The molecule has 1 unspecified atom stereocenters. The molecule has 0 aliphatic carbocycles. The van der Waals surface area contributed by atoms with E-state index in [1.807, 2.05) is 20.8 Å². The molecule has 0 amide bonds. The molecule has 0 bridgehead atoms. The summed E-state index contributed by atoms with van der Waals surface area (Å²) in [5.41, 5.74) is 1.10. The summed E-state index contributed by atoms with van der Waals surface area (Å²) in [6.07, 6.45) is 0.749. The summed E-state index contributed by atoms with van der Waals surface area (Å²) in [6, 6.07) is -0.0868. The molecule has 18 heavy (non-hydrogen) atoms. The number of nitrogens with one attached hydrogen (secondary N) is 3. The fourth-order valence-electron chi connectivity index (χ4n) is 1.60. The summed E-state index contributed by atoms with van der Waals surface area (Å²) in [5, 5.41) is 9.86. The van der Waals surface area contributed by atoms with E-state index in [-0.39, 0.29) is 10.9 Å². The van der Waals surface area contributed by atoms with E-state index < -0.39 is 10.0 Å². The lowest BCUT2D eigenvalue weighted by Gasteiger charge is -2.12. The predicted octanol–water partition coefficient (Wildman–Crippen LogP) is 0.904. The van der Waals surface area contributed by atoms with Crippen LogP contribution in [0, 0.1) is 6.92 Å². The Balaban J connectivity index is 3.03. The first-order valence-corrected chi connectivity index (χ1v) is 7.67. The Morgan fingerprint density at radius 3 is 2.61 bits per heavy atom. The molecular formula is C11H22N4O2S. The Morgan fingerprint density at radius 2 is 2.06 bits per heavy atom. The van der Waals surface area contributed by atoms with Gasteiger partial charge < -0.3 is 5.32 Å². The predicted molar refractivity (Wildman–Crippen MR) is 70.8 cm³/mol. The zero-order chi connectivity index (χ0) is 13.8. The largest absolute Gasteiger partial charge is 0.311 e. The molecule has 104 valence electrons. The van der Waals surface area contributed by atoms with E-state index in [9.17, 15) is 8.42 Å². The molecule has 0 radical (unpaired) electrons. The van der Waals surface area contributed by atoms with Gasteiger partial charge in [0, 0.05) is 12.6 Å². The molecule has 1 heterocycles. The third-order valence-electron chi connectivity index (χ3n) is 2.74. The highest BCUT2D eigenvalue weighted by Crippen LogP contribution is 2.18. The number of aromatic amines is 1. The van der Waals surface area contributed by atoms with Crippen molar-refractivity contribution < 1.29 is 8.42 Å². The van der Waals surface area contributed by atoms with Gasteiger partial charge in [-0.05, 0) is 26.8 Å². The first-order valence-electron chi connectivity index (χ1n) is 6.19. The molecule has 0 aromatic carbocycles. The Hall–Kier alpha value is -0.920. The van der Waals surface area contributed by atoms with E-state index in [0.717, 1.165) is 13.0 Å². The summed E-state index contributed by atoms with van der Waals surface area (Å²) >= 11 is 0. The average molecular weight is 274 g/mol. The van der Waals surface area contributed by atoms with Gasteiger partial charge in [-0.3, -0.25) is 5.10 Å². The van der Waals surface area contributed by atoms with Gasteiger partial charge in [0.15, 0.2) is 0 Å². The highest BCUT2D eigenvalue weighted by atomic mass is 32.2. The summed E-state index contributed by atoms with van der Waals surface area (Å²) in [7, 11) is -3.50. The number of rotatable bonds is 7. The smallest absolute Gasteiger partial charge is 0.244 e. The fraction of sp³-hybridized carbons (Fsp3) is 0.727. The molecule has 1 aromatic heterocycles. The maximum absolute atomic E-state index is 12.3. The lowest BCUT2D eigenvalue weighted by molar-refractivity contribution is 0.553. The van der Waals surface area contributed by atoms with Crippen molar-refractivity contribution in [2.45, 2.75) is 51.6 Å². The molecule has 1 aromatic rings. The van der Waals surface area contributed by atoms with Crippen LogP contribution in [0.4, 0.5) is 0 Å². The zero-order valence-electron chi connectivity index (χ0n) is 11.4. The van der Waals surface area contributed by atoms with Crippen LogP contribution in [-0.4, -0.2) is 31.2 Å². The van der Waals surface area contributed by atoms with Gasteiger partial charge in [-0.15, -0.1) is 0 Å². The quantitative estimate of drug-likeness (QED) is 0.689. The van der Waals surface area contributed by atoms with Crippen molar-refractivity contribution in [3.63, 3.8) is 0 Å². The Labute approximate surface area is 109 Å². The van der Waals surface area contributed by atoms with Crippen LogP contribution in [0.25, 0.3) is 0 Å². The zero-order valence-corrected chi connectivity index (χ0v) is 12.2. The van der Waals surface area contributed by atoms with Crippen molar-refractivity contribution in [1.82, 2.24) is 20.2 Å². The summed E-state index contributed by atoms with van der Waals surface area (Å²) in [4.78, 5) is 0.267. The molecule has 0 saturated carbocycles. The minimum atomic E-state index is -3.50. The Kier molecular flexibility index (Phi) is 5.30. The maximum atomic E-state index is 12.3. The van der Waals surface area contributed by atoms with E-state index in [4.69, 9.17) is 0 Å². The van der Waals surface area contributed by atoms with Gasteiger partial charge in [0.05, 0.1) is 11.4 Å². The van der Waals surface area contributed by atoms with Crippen LogP contribution in [0.5, 0.6) is 0 Å². The highest BCUT2D eigenvalue weighted by Gasteiger charge is 2.25. The van der Waals surface area contributed by atoms with Crippen LogP contribution in [0.1, 0.15) is 38.6 Å². The molecule has 3 N–H and O–H groups in total. The van der Waals surface area contributed by atoms with Crippen LogP contribution in [0.15, 0.2) is 4.90 Å². The minimum absolute atomic E-state index is 0.0868. The minimum Gasteiger partial charge on any atom is -0.311 e. The van der Waals surface area contributed by atoms with E-state index in [1.54, 1.807) is 6.92 Å². The number of nitrogens with zero attached hydrogens (tertiary/aromatic N) is 1. The van der Waals surface area contributed by atoms with Gasteiger partial charge in [0.25, 0.3) is 0 Å². The van der Waals surface area contributed by atoms with Gasteiger partial charge in [-0.25, -0.2) is 13.1 Å². The van der Waals surface area contributed by atoms with Crippen molar-refractivity contribution >= 4 is 10.0 Å². The molecule has 7 heteroatoms. The van der Waals surface area contributed by atoms with Gasteiger partial charge in [0.1, 0.15) is 4.90 Å². The highest BCUT2D eigenvalue weighted by molar-refractivity contribution is 7.89. The van der Waals surface area contributed by atoms with Crippen LogP contribution in [-0.2, 0) is 16.6 Å². The van der Waals surface area contributed by atoms with Crippen molar-refractivity contribution in [3.8, 4) is 0 Å². The van der Waals surface area contributed by atoms with Gasteiger partial charge in [-0.1, -0.05) is 13.8 Å². The molecule has 0 aliphatic heterocycles. The average Bonchev–Trinajstić information content (AvgIpc) is 2.67. The molecule has 0 fully saturated rings. The SMILES string of the molecule is CCNCc1n[nH]c(C)c1S(=O)(=O)NC(C)CC. The molecule has 0 aliphatic rings. The number of sulfonamides is 1. The van der Waals surface area contributed by atoms with Crippen molar-refractivity contribution in [2.24, 2.45) is 0 Å². The molecule has 0 saturated heterocycles. The second kappa shape index (κ2) is 6.31. The first-order chi connectivity index (χ1) is 8.42. The normalized spacial score (nSPS) is 13.8. The Morgan fingerprint density at radius 1 is 1.39 bits per heavy atom. The topological polar surface area (TPSA) is 86.9 Å². The van der Waals surface area contributed by atoms with Crippen LogP contribution in [0.2, 0.25) is 0 Å². The van der Waals surface area contributed by atoms with Crippen LogP contribution < -0.4 is 10.0 Å². The van der Waals surface area contributed by atoms with Gasteiger partial charge >= 0.3 is 0 Å². The summed E-state index contributed by atoms with van der Waals surface area (Å²) in [5.74, 6) is 0. The summed E-state index contributed by atoms with van der Waals surface area (Å²) in [6.45, 7) is 8.67. The molecule has 0 spiro atoms. The first kappa shape index (κ1) is 15.1. The fourth-order valence-corrected chi connectivity index (χ4v) is 3.29. The van der Waals surface area contributed by atoms with E-state index in [1.165, 1.54) is 0 Å². The number of aryl methyl sites for hydroxylation is 1. The maximum Gasteiger partial charge on any atom is 0.244 e. The van der Waals surface area contributed by atoms with E-state index >= 15 is 0 Å². The monoisotopic (exact) mass is 274 g/mol. The van der Waals surface area contributed by atoms with E-state index in [0.29, 0.717) is 17.9 Å². The van der Waals surface area contributed by atoms with Crippen molar-refractivity contribution in [2.75, 3.05) is 6.54 Å². The number of aromatic nitrogens is 2. The lowest BCUT2D eigenvalue weighted by atomic mass is 10.3. The molecule has 1 rings (SSSR count). The third kappa shape index (κ3) is 3.54. The van der Waals surface area contributed by atoms with Gasteiger partial charge in [-0.2, -0.15) is 5.10 Å². The number of H-pyrrole nitrogens is 1. The summed E-state index contributed by atoms with van der Waals surface area (Å²) < 4.78 is 27.2. The number of hydrogen-bond donors (Lipinski definition) is 3. The third-order valence-corrected chi connectivity index (χ3v) is 4.53. The standard InChI is InChI=1S/C11H22N4O2S/c1-5-8(3)15-18(16,17)11-9(4)13-14-10(11)7-12-6-2/h8,12,15H,5-7H2,1-4H3,(H,13,14). The van der Waals surface area contributed by atoms with Crippen molar-refractivity contribution in [3.05, 3.63) is 11.4 Å². The molecule has 1 atom stereocenters. The second-order valence-corrected chi connectivity index (χ2v) is 5.99. The Bertz CT molecular complexity index is 481. The lowest BCUT2D eigenvalue weighted by Crippen LogP contribution is -2.33.